The summed E-state index contributed by atoms with van der Waals surface area (Å²) in [4.78, 5) is 129. The number of ether oxygens (including phenoxy) is 4. The van der Waals surface area contributed by atoms with E-state index < -0.39 is 109 Å². The van der Waals surface area contributed by atoms with E-state index in [1.54, 1.807) is 0 Å². The zero-order valence-corrected chi connectivity index (χ0v) is 75.2. The van der Waals surface area contributed by atoms with E-state index in [1.165, 1.54) is 89.9 Å². The maximum atomic E-state index is 13.2. The second kappa shape index (κ2) is 79.6. The molecule has 28 heteroatoms. The number of Topliss-reactive ketones (excluding diaryl/α,β-unsaturated/α-hetero) is 2. The number of unbranched alkanes of at least 4 members (excludes halogenated alkanes) is 30. The second-order valence-electron chi connectivity index (χ2n) is 28.5. The number of phosphoric ester groups is 2. The Hall–Kier alpha value is -2.22. The summed E-state index contributed by atoms with van der Waals surface area (Å²) in [7, 11) is -10.2. The molecular weight excluding hydrogens is 1460 g/mol. The molecule has 0 fully saturated rings. The molecule has 4 N–H and O–H groups in total. The number of amides is 4. The van der Waals surface area contributed by atoms with E-state index in [1.807, 2.05) is 0 Å². The minimum absolute atomic E-state index is 0. The molecule has 0 heterocycles. The molecular formula is C81H148N4Na2O20P2. The van der Waals surface area contributed by atoms with Crippen molar-refractivity contribution in [2.45, 2.75) is 380 Å². The molecule has 0 aliphatic rings. The van der Waals surface area contributed by atoms with Crippen LogP contribution in [0.5, 0.6) is 0 Å². The zero-order valence-electron chi connectivity index (χ0n) is 69.4. The molecule has 0 bridgehead atoms. The molecule has 0 saturated heterocycles. The number of hydrogen-bond donors (Lipinski definition) is 4. The Balaban J connectivity index is -0.0000562. The molecule has 0 saturated carbocycles. The quantitative estimate of drug-likeness (QED) is 0.0110. The van der Waals surface area contributed by atoms with E-state index in [4.69, 9.17) is 37.0 Å². The Bertz CT molecular complexity index is 2270. The van der Waals surface area contributed by atoms with E-state index in [0.29, 0.717) is 51.4 Å². The number of nitrogens with one attached hydrogen (secondary N) is 4. The molecule has 24 nitrogen and oxygen atoms in total. The number of phosphoric acid groups is 2. The van der Waals surface area contributed by atoms with Crippen LogP contribution in [0.1, 0.15) is 356 Å². The first-order valence-electron chi connectivity index (χ1n) is 41.9. The molecule has 0 aromatic heterocycles. The van der Waals surface area contributed by atoms with Gasteiger partial charge in [-0.2, -0.15) is 0 Å². The van der Waals surface area contributed by atoms with Gasteiger partial charge >= 0.3 is 71.1 Å². The summed E-state index contributed by atoms with van der Waals surface area (Å²) >= 11 is 0. The molecule has 0 aliphatic heterocycles. The van der Waals surface area contributed by atoms with Crippen LogP contribution in [0.4, 0.5) is 0 Å². The summed E-state index contributed by atoms with van der Waals surface area (Å²) in [5.41, 5.74) is 0. The van der Waals surface area contributed by atoms with Gasteiger partial charge in [-0.1, -0.05) is 233 Å². The third-order valence-corrected chi connectivity index (χ3v) is 20.0. The molecule has 6 atom stereocenters. The Kier molecular flexibility index (Phi) is 81.0. The summed E-state index contributed by atoms with van der Waals surface area (Å²) < 4.78 is 69.8. The van der Waals surface area contributed by atoms with Crippen LogP contribution in [-0.4, -0.2) is 137 Å². The molecule has 624 valence electrons. The molecule has 0 aliphatic carbocycles. The fourth-order valence-electron chi connectivity index (χ4n) is 11.7. The van der Waals surface area contributed by atoms with Gasteiger partial charge < -0.3 is 68.1 Å². The summed E-state index contributed by atoms with van der Waals surface area (Å²) in [5.74, 6) is -4.00. The largest absolute Gasteiger partial charge is 1.00 e. The van der Waals surface area contributed by atoms with Crippen molar-refractivity contribution in [1.29, 1.82) is 0 Å². The van der Waals surface area contributed by atoms with Crippen LogP contribution in [0, 0.1) is 0 Å². The van der Waals surface area contributed by atoms with E-state index in [2.05, 4.69) is 87.1 Å². The number of rotatable bonds is 80. The summed E-state index contributed by atoms with van der Waals surface area (Å²) in [6.07, 6.45) is 48.5. The average molecular weight is 1610 g/mol. The predicted octanol–water partition coefficient (Wildman–Crippen LogP) is 10.5. The minimum Gasteiger partial charge on any atom is -0.756 e. The fourth-order valence-corrected chi connectivity index (χ4v) is 13.2. The van der Waals surface area contributed by atoms with Crippen LogP contribution in [0.25, 0.3) is 0 Å². The normalized spacial score (nSPS) is 13.7. The number of hydrogen-bond acceptors (Lipinski definition) is 20. The summed E-state index contributed by atoms with van der Waals surface area (Å²) in [6, 6.07) is -2.08. The van der Waals surface area contributed by atoms with E-state index in [9.17, 15) is 57.3 Å². The molecule has 109 heavy (non-hydrogen) atoms. The van der Waals surface area contributed by atoms with Crippen LogP contribution >= 0.6 is 15.6 Å². The van der Waals surface area contributed by atoms with Gasteiger partial charge in [-0.3, -0.25) is 47.5 Å². The number of esters is 2. The molecule has 0 radical (unpaired) electrons. The third kappa shape index (κ3) is 76.8. The van der Waals surface area contributed by atoms with Crippen molar-refractivity contribution in [1.82, 2.24) is 21.3 Å². The van der Waals surface area contributed by atoms with Gasteiger partial charge in [0.25, 0.3) is 15.6 Å². The van der Waals surface area contributed by atoms with Gasteiger partial charge in [0.1, 0.15) is 30.2 Å². The number of carbonyl (C=O) groups is 8. The van der Waals surface area contributed by atoms with Crippen molar-refractivity contribution in [3.63, 3.8) is 0 Å². The van der Waals surface area contributed by atoms with Crippen LogP contribution in [0.3, 0.4) is 0 Å². The van der Waals surface area contributed by atoms with Gasteiger partial charge in [0.2, 0.25) is 23.6 Å². The topological polar surface area (TPSA) is 339 Å². The van der Waals surface area contributed by atoms with Gasteiger partial charge in [-0.15, -0.1) is 0 Å². The zero-order chi connectivity index (χ0) is 79.0. The van der Waals surface area contributed by atoms with Crippen molar-refractivity contribution < 1.29 is 153 Å². The van der Waals surface area contributed by atoms with Crippen molar-refractivity contribution >= 4 is 62.8 Å². The van der Waals surface area contributed by atoms with Crippen molar-refractivity contribution in [3.8, 4) is 0 Å². The Morgan fingerprint density at radius 2 is 0.633 bits per heavy atom. The van der Waals surface area contributed by atoms with Crippen molar-refractivity contribution in [2.24, 2.45) is 0 Å². The Labute approximate surface area is 702 Å². The minimum atomic E-state index is -5.08. The fraction of sp³-hybridized carbons (Fsp3) is 0.852. The number of allylic oxidation sites excluding steroid dienone is 4. The van der Waals surface area contributed by atoms with Crippen LogP contribution < -0.4 is 90.2 Å². The van der Waals surface area contributed by atoms with Crippen LogP contribution in [0.2, 0.25) is 0 Å². The van der Waals surface area contributed by atoms with Gasteiger partial charge in [-0.25, -0.2) is 0 Å². The smallest absolute Gasteiger partial charge is 0.756 e. The predicted molar refractivity (Wildman–Crippen MR) is 419 cm³/mol. The van der Waals surface area contributed by atoms with Gasteiger partial charge in [0, 0.05) is 51.6 Å². The Morgan fingerprint density at radius 3 is 0.972 bits per heavy atom. The van der Waals surface area contributed by atoms with Gasteiger partial charge in [0.15, 0.2) is 0 Å². The van der Waals surface area contributed by atoms with Crippen LogP contribution in [-0.2, 0) is 84.5 Å². The van der Waals surface area contributed by atoms with E-state index in [-0.39, 0.29) is 148 Å². The molecule has 6 unspecified atom stereocenters. The van der Waals surface area contributed by atoms with Crippen molar-refractivity contribution in [3.05, 3.63) is 24.3 Å². The first-order valence-corrected chi connectivity index (χ1v) is 44.8. The molecule has 0 spiro atoms. The van der Waals surface area contributed by atoms with Gasteiger partial charge in [-0.05, 0) is 89.9 Å². The third-order valence-electron chi connectivity index (χ3n) is 18.0. The monoisotopic (exact) mass is 1600 g/mol. The van der Waals surface area contributed by atoms with E-state index >= 15 is 0 Å². The molecule has 0 aromatic carbocycles. The summed E-state index contributed by atoms with van der Waals surface area (Å²) in [5, 5.41) is 10.0. The second-order valence-corrected chi connectivity index (χ2v) is 31.3. The standard InChI is InChI=1S/C81H150N4O20P2.2Na/c1-7-13-19-23-27-31-35-39-45-49-72(86)63-78(90)84-70(66-98-59-55-74(51-43-17-11-5)104-80(92)53-47-41-37-33-29-25-21-15-9-3)68-102-106(94,95)100-61-57-82-76(88)65-77(89)83-58-62-101-107(96,97)103-69-71(85-79(91)64-73(87)50-46-40-36-32-28-24-20-14-8-2)67-99-60-56-75(52-44-18-12-6)105-81(93)54-48-42-38-34-30-26-22-16-10-4;;/h33-34,37-38,70-71,74-75H,7-32,35-36,39-69H2,1-6H3,(H,82,88)(H,83,89)(H,84,90)(H,85,91)(H,94,95)(H,96,97);;/q;2*+1/p-2/b37-33-,38-34-;;. The Morgan fingerprint density at radius 1 is 0.330 bits per heavy atom. The maximum absolute atomic E-state index is 13.2. The van der Waals surface area contributed by atoms with Crippen molar-refractivity contribution in [2.75, 3.05) is 65.9 Å². The maximum Gasteiger partial charge on any atom is 1.00 e. The average Bonchev–Trinajstić information content (AvgIpc) is 0.913. The summed E-state index contributed by atoms with van der Waals surface area (Å²) in [6.45, 7) is 9.49. The number of carbonyl (C=O) groups excluding carboxylic acids is 8. The molecule has 0 rings (SSSR count). The molecule has 4 amide bonds. The first-order chi connectivity index (χ1) is 51.7. The molecule has 0 aromatic rings. The van der Waals surface area contributed by atoms with Crippen LogP contribution in [0.15, 0.2) is 24.3 Å². The number of ketones is 2. The van der Waals surface area contributed by atoms with E-state index in [0.717, 1.165) is 128 Å². The first kappa shape index (κ1) is 111. The van der Waals surface area contributed by atoms with Gasteiger partial charge in [0.05, 0.1) is 77.8 Å². The SMILES string of the molecule is CCCCCC/C=C\CCCC(=O)OC(CCCCC)CCOCC(COP(=O)([O-])OCCNC(=O)CC(=O)NCCOP(=O)([O-])OCC(COCCC(CCCCC)OC(=O)CCC/C=C\CCCCCC)NC(=O)CC(=O)CCCCCCCCCCC)NC(=O)CC(=O)CCCCCCCCCCC.[Na+].[Na+].